The van der Waals surface area contributed by atoms with Crippen molar-refractivity contribution in [2.75, 3.05) is 12.9 Å². The van der Waals surface area contributed by atoms with Crippen LogP contribution in [-0.4, -0.2) is 18.6 Å². The lowest BCUT2D eigenvalue weighted by atomic mass is 10.0. The second-order valence-corrected chi connectivity index (χ2v) is 6.25. The molecule has 0 spiro atoms. The summed E-state index contributed by atoms with van der Waals surface area (Å²) in [5.41, 5.74) is 1.64. The summed E-state index contributed by atoms with van der Waals surface area (Å²) in [6.45, 7) is 2.58. The van der Waals surface area contributed by atoms with Crippen LogP contribution in [0.1, 0.15) is 27.7 Å². The molecule has 0 aliphatic heterocycles. The number of ether oxygens (including phenoxy) is 1. The van der Waals surface area contributed by atoms with Gasteiger partial charge in [0.25, 0.3) is 0 Å². The number of hydrogen-bond acceptors (Lipinski definition) is 3. The second-order valence-electron chi connectivity index (χ2n) is 4.46. The molecule has 21 heavy (non-hydrogen) atoms. The molecule has 2 nitrogen and oxygen atoms in total. The number of Topliss-reactive ketones (excluding diaryl/α,β-unsaturated/α-hetero) is 1. The zero-order valence-electron chi connectivity index (χ0n) is 12.0. The topological polar surface area (TPSA) is 26.3 Å². The molecule has 4 heteroatoms. The van der Waals surface area contributed by atoms with Crippen molar-refractivity contribution in [3.05, 3.63) is 59.7 Å². The standard InChI is InChI=1S/C17H17BrO2S/c1-3-20-14-8-4-12(5-9-14)16(18)17(19)13-6-10-15(21-2)11-7-13/h4-11,16H,3H2,1-2H3. The van der Waals surface area contributed by atoms with Crippen molar-refractivity contribution in [3.63, 3.8) is 0 Å². The van der Waals surface area contributed by atoms with Gasteiger partial charge >= 0.3 is 0 Å². The van der Waals surface area contributed by atoms with Crippen molar-refractivity contribution < 1.29 is 9.53 Å². The predicted molar refractivity (Wildman–Crippen MR) is 91.8 cm³/mol. The number of halogens is 1. The highest BCUT2D eigenvalue weighted by atomic mass is 79.9. The van der Waals surface area contributed by atoms with Crippen molar-refractivity contribution in [1.82, 2.24) is 0 Å². The van der Waals surface area contributed by atoms with Gasteiger partial charge in [0.1, 0.15) is 10.6 Å². The molecule has 0 amide bonds. The Morgan fingerprint density at radius 1 is 1.14 bits per heavy atom. The minimum absolute atomic E-state index is 0.0619. The zero-order chi connectivity index (χ0) is 15.2. The third-order valence-corrected chi connectivity index (χ3v) is 4.78. The lowest BCUT2D eigenvalue weighted by molar-refractivity contribution is 0.0991. The molecule has 2 rings (SSSR count). The number of carbonyl (C=O) groups is 1. The van der Waals surface area contributed by atoms with E-state index in [2.05, 4.69) is 15.9 Å². The summed E-state index contributed by atoms with van der Waals surface area (Å²) in [5.74, 6) is 0.879. The molecule has 110 valence electrons. The van der Waals surface area contributed by atoms with Crippen LogP contribution in [0, 0.1) is 0 Å². The van der Waals surface area contributed by atoms with E-state index < -0.39 is 0 Å². The summed E-state index contributed by atoms with van der Waals surface area (Å²) >= 11 is 5.15. The van der Waals surface area contributed by atoms with E-state index in [1.807, 2.05) is 61.7 Å². The van der Waals surface area contributed by atoms with E-state index in [0.29, 0.717) is 12.2 Å². The van der Waals surface area contributed by atoms with E-state index >= 15 is 0 Å². The van der Waals surface area contributed by atoms with E-state index in [1.165, 1.54) is 0 Å². The van der Waals surface area contributed by atoms with Gasteiger partial charge in [-0.05, 0) is 43.0 Å². The zero-order valence-corrected chi connectivity index (χ0v) is 14.4. The van der Waals surface area contributed by atoms with Gasteiger partial charge in [0.2, 0.25) is 0 Å². The van der Waals surface area contributed by atoms with Gasteiger partial charge in [-0.2, -0.15) is 0 Å². The van der Waals surface area contributed by atoms with Crippen LogP contribution in [0.4, 0.5) is 0 Å². The van der Waals surface area contributed by atoms with E-state index in [9.17, 15) is 4.79 Å². The van der Waals surface area contributed by atoms with E-state index in [-0.39, 0.29) is 10.6 Å². The molecule has 1 unspecified atom stereocenters. The molecule has 0 fully saturated rings. The molecule has 0 aromatic heterocycles. The normalized spacial score (nSPS) is 12.0. The minimum Gasteiger partial charge on any atom is -0.494 e. The maximum Gasteiger partial charge on any atom is 0.180 e. The highest BCUT2D eigenvalue weighted by Gasteiger charge is 2.18. The Bertz CT molecular complexity index is 593. The molecule has 2 aromatic carbocycles. The van der Waals surface area contributed by atoms with Crippen molar-refractivity contribution >= 4 is 33.5 Å². The number of carbonyl (C=O) groups excluding carboxylic acids is 1. The maximum absolute atomic E-state index is 12.5. The highest BCUT2D eigenvalue weighted by molar-refractivity contribution is 9.09. The molecule has 0 bridgehead atoms. The average molecular weight is 365 g/mol. The fourth-order valence-electron chi connectivity index (χ4n) is 1.95. The Labute approximate surface area is 138 Å². The van der Waals surface area contributed by atoms with Crippen LogP contribution in [0.2, 0.25) is 0 Å². The Balaban J connectivity index is 2.13. The molecule has 0 saturated heterocycles. The fraction of sp³-hybridized carbons (Fsp3) is 0.235. The average Bonchev–Trinajstić information content (AvgIpc) is 2.54. The summed E-state index contributed by atoms with van der Waals surface area (Å²) in [5, 5.41) is 0. The first-order valence-electron chi connectivity index (χ1n) is 6.70. The monoisotopic (exact) mass is 364 g/mol. The van der Waals surface area contributed by atoms with Crippen LogP contribution in [0.25, 0.3) is 0 Å². The van der Waals surface area contributed by atoms with Gasteiger partial charge in [-0.25, -0.2) is 0 Å². The van der Waals surface area contributed by atoms with Crippen LogP contribution in [0.5, 0.6) is 5.75 Å². The summed E-state index contributed by atoms with van der Waals surface area (Å²) in [6.07, 6.45) is 2.02. The van der Waals surface area contributed by atoms with Gasteiger partial charge in [0, 0.05) is 10.5 Å². The van der Waals surface area contributed by atoms with Crippen LogP contribution in [-0.2, 0) is 0 Å². The molecule has 0 aliphatic rings. The van der Waals surface area contributed by atoms with Gasteiger partial charge in [0.05, 0.1) is 6.61 Å². The number of rotatable bonds is 6. The predicted octanol–water partition coefficient (Wildman–Crippen LogP) is 5.13. The summed E-state index contributed by atoms with van der Waals surface area (Å²) in [6, 6.07) is 15.3. The van der Waals surface area contributed by atoms with Crippen molar-refractivity contribution in [3.8, 4) is 5.75 Å². The summed E-state index contributed by atoms with van der Waals surface area (Å²) in [7, 11) is 0. The number of benzene rings is 2. The Kier molecular flexibility index (Phi) is 5.88. The molecular formula is C17H17BrO2S. The molecule has 0 N–H and O–H groups in total. The number of hydrogen-bond donors (Lipinski definition) is 0. The quantitative estimate of drug-likeness (QED) is 0.404. The van der Waals surface area contributed by atoms with Crippen LogP contribution in [0.15, 0.2) is 53.4 Å². The van der Waals surface area contributed by atoms with Gasteiger partial charge in [-0.3, -0.25) is 4.79 Å². The van der Waals surface area contributed by atoms with Gasteiger partial charge in [-0.1, -0.05) is 40.2 Å². The van der Waals surface area contributed by atoms with Crippen molar-refractivity contribution in [2.24, 2.45) is 0 Å². The minimum atomic E-state index is -0.340. The maximum atomic E-state index is 12.5. The molecule has 0 radical (unpaired) electrons. The first kappa shape index (κ1) is 16.1. The summed E-state index contributed by atoms with van der Waals surface area (Å²) < 4.78 is 5.41. The number of ketones is 1. The molecule has 0 saturated carbocycles. The van der Waals surface area contributed by atoms with Crippen molar-refractivity contribution in [2.45, 2.75) is 16.6 Å². The van der Waals surface area contributed by atoms with Gasteiger partial charge in [-0.15, -0.1) is 11.8 Å². The lowest BCUT2D eigenvalue weighted by Crippen LogP contribution is -2.07. The third kappa shape index (κ3) is 4.11. The molecule has 1 atom stereocenters. The lowest BCUT2D eigenvalue weighted by Gasteiger charge is -2.11. The van der Waals surface area contributed by atoms with Crippen LogP contribution >= 0.6 is 27.7 Å². The van der Waals surface area contributed by atoms with E-state index in [4.69, 9.17) is 4.74 Å². The van der Waals surface area contributed by atoms with Crippen molar-refractivity contribution in [1.29, 1.82) is 0 Å². The van der Waals surface area contributed by atoms with Gasteiger partial charge < -0.3 is 4.74 Å². The SMILES string of the molecule is CCOc1ccc(C(Br)C(=O)c2ccc(SC)cc2)cc1. The highest BCUT2D eigenvalue weighted by Crippen LogP contribution is 2.29. The second kappa shape index (κ2) is 7.66. The molecule has 0 heterocycles. The number of alkyl halides is 1. The Morgan fingerprint density at radius 3 is 2.29 bits per heavy atom. The number of thioether (sulfide) groups is 1. The first-order valence-corrected chi connectivity index (χ1v) is 8.85. The van der Waals surface area contributed by atoms with Gasteiger partial charge in [0.15, 0.2) is 5.78 Å². The summed E-state index contributed by atoms with van der Waals surface area (Å²) in [4.78, 5) is 13.3. The van der Waals surface area contributed by atoms with E-state index in [0.717, 1.165) is 16.2 Å². The first-order chi connectivity index (χ1) is 10.2. The van der Waals surface area contributed by atoms with Crippen LogP contribution < -0.4 is 4.74 Å². The molecule has 0 aliphatic carbocycles. The molecular weight excluding hydrogens is 348 g/mol. The van der Waals surface area contributed by atoms with Crippen LogP contribution in [0.3, 0.4) is 0 Å². The Morgan fingerprint density at radius 2 is 1.76 bits per heavy atom. The molecule has 2 aromatic rings. The third-order valence-electron chi connectivity index (χ3n) is 3.09. The Hall–Kier alpha value is -1.26. The fourth-order valence-corrected chi connectivity index (χ4v) is 2.93. The van der Waals surface area contributed by atoms with E-state index in [1.54, 1.807) is 11.8 Å². The largest absolute Gasteiger partial charge is 0.494 e. The smallest absolute Gasteiger partial charge is 0.180 e.